The van der Waals surface area contributed by atoms with Crippen molar-refractivity contribution in [3.8, 4) is 0 Å². The molecule has 0 aliphatic carbocycles. The number of carbonyl (C=O) groups is 5. The topological polar surface area (TPSA) is 214 Å². The predicted molar refractivity (Wildman–Crippen MR) is 107 cm³/mol. The summed E-state index contributed by atoms with van der Waals surface area (Å²) < 4.78 is 0. The van der Waals surface area contributed by atoms with Crippen molar-refractivity contribution in [1.29, 1.82) is 0 Å². The number of carboxylic acids is 1. The van der Waals surface area contributed by atoms with Crippen LogP contribution in [0.5, 0.6) is 0 Å². The fraction of sp³-hybridized carbons (Fsp3) is 0.722. The number of hydrogen-bond acceptors (Lipinski definition) is 7. The lowest BCUT2D eigenvalue weighted by Crippen LogP contribution is -2.58. The quantitative estimate of drug-likeness (QED) is 0.164. The number of carbonyl (C=O) groups excluding carboxylic acids is 4. The van der Waals surface area contributed by atoms with Gasteiger partial charge in [-0.3, -0.25) is 19.2 Å². The zero-order valence-corrected chi connectivity index (χ0v) is 17.7. The van der Waals surface area contributed by atoms with Gasteiger partial charge in [0.1, 0.15) is 24.2 Å². The van der Waals surface area contributed by atoms with E-state index in [4.69, 9.17) is 16.6 Å². The number of hydrogen-bond donors (Lipinski definition) is 7. The Morgan fingerprint density at radius 1 is 0.867 bits per heavy atom. The molecule has 4 amide bonds. The van der Waals surface area contributed by atoms with Crippen LogP contribution in [0, 0.1) is 11.8 Å². The van der Waals surface area contributed by atoms with Gasteiger partial charge in [0.15, 0.2) is 0 Å². The van der Waals surface area contributed by atoms with Crippen molar-refractivity contribution in [1.82, 2.24) is 16.0 Å². The summed E-state index contributed by atoms with van der Waals surface area (Å²) in [6, 6.07) is -5.01. The second-order valence-electron chi connectivity index (χ2n) is 7.78. The van der Waals surface area contributed by atoms with Gasteiger partial charge < -0.3 is 37.6 Å². The van der Waals surface area contributed by atoms with Crippen LogP contribution >= 0.6 is 0 Å². The second kappa shape index (κ2) is 12.8. The third kappa shape index (κ3) is 9.65. The van der Waals surface area contributed by atoms with Crippen LogP contribution in [0.3, 0.4) is 0 Å². The lowest BCUT2D eigenvalue weighted by Gasteiger charge is -2.26. The van der Waals surface area contributed by atoms with Gasteiger partial charge in [-0.15, -0.1) is 0 Å². The highest BCUT2D eigenvalue weighted by molar-refractivity contribution is 5.96. The van der Waals surface area contributed by atoms with Crippen molar-refractivity contribution >= 4 is 29.6 Å². The maximum atomic E-state index is 12.6. The Balaban J connectivity index is 5.48. The minimum atomic E-state index is -1.42. The highest BCUT2D eigenvalue weighted by Gasteiger charge is 2.32. The average molecular weight is 431 g/mol. The molecule has 0 aromatic rings. The van der Waals surface area contributed by atoms with Gasteiger partial charge in [0.05, 0.1) is 13.0 Å². The summed E-state index contributed by atoms with van der Waals surface area (Å²) in [5.74, 6) is -5.01. The van der Waals surface area contributed by atoms with Gasteiger partial charge in [-0.05, 0) is 18.3 Å². The largest absolute Gasteiger partial charge is 0.480 e. The summed E-state index contributed by atoms with van der Waals surface area (Å²) in [5, 5.41) is 25.2. The number of aliphatic hydroxyl groups excluding tert-OH is 1. The van der Waals surface area contributed by atoms with E-state index in [1.54, 1.807) is 27.7 Å². The first-order valence-electron chi connectivity index (χ1n) is 9.58. The van der Waals surface area contributed by atoms with Gasteiger partial charge in [0.2, 0.25) is 23.6 Å². The molecular weight excluding hydrogens is 398 g/mol. The number of aliphatic hydroxyl groups is 1. The molecule has 0 radical (unpaired) electrons. The molecule has 0 aliphatic rings. The van der Waals surface area contributed by atoms with E-state index >= 15 is 0 Å². The van der Waals surface area contributed by atoms with E-state index in [-0.39, 0.29) is 12.3 Å². The normalized spacial score (nSPS) is 15.1. The predicted octanol–water partition coefficient (Wildman–Crippen LogP) is -2.58. The van der Waals surface area contributed by atoms with Crippen LogP contribution in [0.15, 0.2) is 0 Å². The Kier molecular flexibility index (Phi) is 11.6. The summed E-state index contributed by atoms with van der Waals surface area (Å²) in [5.41, 5.74) is 10.5. The van der Waals surface area contributed by atoms with Crippen LogP contribution in [0.1, 0.15) is 40.5 Å². The van der Waals surface area contributed by atoms with Gasteiger partial charge in [-0.1, -0.05) is 27.7 Å². The van der Waals surface area contributed by atoms with E-state index in [2.05, 4.69) is 16.0 Å². The molecule has 0 aliphatic heterocycles. The molecule has 0 aromatic carbocycles. The SMILES string of the molecule is CC(C)CC(NC(=O)C(CC(N)=O)NC(=O)C(N)CO)C(=O)NC(C(=O)O)C(C)C. The number of amides is 4. The van der Waals surface area contributed by atoms with Gasteiger partial charge >= 0.3 is 5.97 Å². The first-order valence-corrected chi connectivity index (χ1v) is 9.58. The molecule has 9 N–H and O–H groups in total. The van der Waals surface area contributed by atoms with E-state index in [9.17, 15) is 29.1 Å². The van der Waals surface area contributed by atoms with Crippen LogP contribution in [-0.2, 0) is 24.0 Å². The molecular formula is C18H33N5O7. The van der Waals surface area contributed by atoms with E-state index in [1.165, 1.54) is 0 Å². The lowest BCUT2D eigenvalue weighted by atomic mass is 10.00. The standard InChI is InChI=1S/C18H33N5O7/c1-8(2)5-11(17(28)23-14(9(3)4)18(29)30)22-16(27)12(6-13(20)25)21-15(26)10(19)7-24/h8-12,14,24H,5-7,19H2,1-4H3,(H2,20,25)(H,21,26)(H,22,27)(H,23,28)(H,29,30). The third-order valence-corrected chi connectivity index (χ3v) is 4.14. The molecule has 0 heterocycles. The van der Waals surface area contributed by atoms with Crippen molar-refractivity contribution < 1.29 is 34.2 Å². The average Bonchev–Trinajstić information content (AvgIpc) is 2.62. The zero-order chi connectivity index (χ0) is 23.6. The molecule has 4 atom stereocenters. The van der Waals surface area contributed by atoms with E-state index in [0.29, 0.717) is 0 Å². The number of nitrogens with two attached hydrogens (primary N) is 2. The maximum Gasteiger partial charge on any atom is 0.326 e. The Morgan fingerprint density at radius 2 is 1.37 bits per heavy atom. The molecule has 0 rings (SSSR count). The molecule has 4 unspecified atom stereocenters. The van der Waals surface area contributed by atoms with E-state index in [1.807, 2.05) is 0 Å². The first kappa shape index (κ1) is 27.3. The second-order valence-corrected chi connectivity index (χ2v) is 7.78. The highest BCUT2D eigenvalue weighted by atomic mass is 16.4. The Labute approximate surface area is 175 Å². The van der Waals surface area contributed by atoms with Gasteiger partial charge in [-0.25, -0.2) is 4.79 Å². The Morgan fingerprint density at radius 3 is 1.77 bits per heavy atom. The number of aliphatic carboxylic acids is 1. The molecule has 0 spiro atoms. The summed E-state index contributed by atoms with van der Waals surface area (Å²) >= 11 is 0. The molecule has 12 nitrogen and oxygen atoms in total. The van der Waals surface area contributed by atoms with Gasteiger partial charge in [0, 0.05) is 0 Å². The fourth-order valence-corrected chi connectivity index (χ4v) is 2.51. The van der Waals surface area contributed by atoms with Crippen LogP contribution in [0.25, 0.3) is 0 Å². The van der Waals surface area contributed by atoms with Crippen molar-refractivity contribution in [3.05, 3.63) is 0 Å². The third-order valence-electron chi connectivity index (χ3n) is 4.14. The zero-order valence-electron chi connectivity index (χ0n) is 17.7. The minimum absolute atomic E-state index is 0.0460. The first-order chi connectivity index (χ1) is 13.8. The molecule has 0 aromatic heterocycles. The molecule has 30 heavy (non-hydrogen) atoms. The van der Waals surface area contributed by atoms with Crippen LogP contribution in [0.2, 0.25) is 0 Å². The maximum absolute atomic E-state index is 12.6. The number of nitrogens with one attached hydrogen (secondary N) is 3. The Hall–Kier alpha value is -2.73. The van der Waals surface area contributed by atoms with Crippen LogP contribution in [0.4, 0.5) is 0 Å². The van der Waals surface area contributed by atoms with Crippen LogP contribution in [-0.4, -0.2) is 70.6 Å². The molecule has 0 saturated carbocycles. The minimum Gasteiger partial charge on any atom is -0.480 e. The lowest BCUT2D eigenvalue weighted by molar-refractivity contribution is -0.143. The van der Waals surface area contributed by atoms with Gasteiger partial charge in [0.25, 0.3) is 0 Å². The smallest absolute Gasteiger partial charge is 0.326 e. The summed E-state index contributed by atoms with van der Waals surface area (Å²) in [4.78, 5) is 59.8. The van der Waals surface area contributed by atoms with Gasteiger partial charge in [-0.2, -0.15) is 0 Å². The monoisotopic (exact) mass is 431 g/mol. The molecule has 172 valence electrons. The van der Waals surface area contributed by atoms with E-state index in [0.717, 1.165) is 0 Å². The highest BCUT2D eigenvalue weighted by Crippen LogP contribution is 2.09. The van der Waals surface area contributed by atoms with Crippen molar-refractivity contribution in [3.63, 3.8) is 0 Å². The van der Waals surface area contributed by atoms with Crippen molar-refractivity contribution in [2.24, 2.45) is 23.3 Å². The van der Waals surface area contributed by atoms with Crippen molar-refractivity contribution in [2.45, 2.75) is 64.7 Å². The number of carboxylic acid groups (broad SMARTS) is 1. The number of primary amides is 1. The summed E-state index contributed by atoms with van der Waals surface area (Å²) in [6.45, 7) is 6.16. The molecule has 12 heteroatoms. The Bertz CT molecular complexity index is 638. The molecule has 0 saturated heterocycles. The molecule has 0 bridgehead atoms. The number of rotatable bonds is 13. The fourth-order valence-electron chi connectivity index (χ4n) is 2.51. The summed E-state index contributed by atoms with van der Waals surface area (Å²) in [6.07, 6.45) is -0.384. The van der Waals surface area contributed by atoms with Crippen molar-refractivity contribution in [2.75, 3.05) is 6.61 Å². The van der Waals surface area contributed by atoms with Crippen LogP contribution < -0.4 is 27.4 Å². The van der Waals surface area contributed by atoms with E-state index < -0.39 is 72.7 Å². The summed E-state index contributed by atoms with van der Waals surface area (Å²) in [7, 11) is 0. The molecule has 0 fully saturated rings.